The van der Waals surface area contributed by atoms with Crippen LogP contribution in [0.5, 0.6) is 0 Å². The van der Waals surface area contributed by atoms with Gasteiger partial charge in [0.1, 0.15) is 4.88 Å². The van der Waals surface area contributed by atoms with Crippen molar-refractivity contribution >= 4 is 29.7 Å². The number of thiazole rings is 1. The van der Waals surface area contributed by atoms with E-state index in [1.165, 1.54) is 17.8 Å². The summed E-state index contributed by atoms with van der Waals surface area (Å²) in [4.78, 5) is 20.0. The van der Waals surface area contributed by atoms with Crippen molar-refractivity contribution in [3.05, 3.63) is 16.1 Å². The smallest absolute Gasteiger partial charge is 0.265 e. The lowest BCUT2D eigenvalue weighted by Gasteiger charge is -2.21. The van der Waals surface area contributed by atoms with Crippen LogP contribution in [0.2, 0.25) is 0 Å². The number of hydrogen-bond donors (Lipinski definition) is 1. The van der Waals surface area contributed by atoms with E-state index < -0.39 is 0 Å². The number of nitrogens with zero attached hydrogens (tertiary/aromatic N) is 2. The minimum atomic E-state index is -0.0863. The summed E-state index contributed by atoms with van der Waals surface area (Å²) in [6.07, 6.45) is 2.29. The Hall–Kier alpha value is -0.650. The van der Waals surface area contributed by atoms with Crippen molar-refractivity contribution in [3.63, 3.8) is 0 Å². The number of fused-ring (bicyclic) bond motifs is 1. The summed E-state index contributed by atoms with van der Waals surface area (Å²) in [6.45, 7) is 8.01. The predicted molar refractivity (Wildman–Crippen MR) is 88.2 cm³/mol. The highest BCUT2D eigenvalue weighted by molar-refractivity contribution is 7.11. The number of aromatic nitrogens is 1. The molecule has 3 unspecified atom stereocenters. The molecule has 1 aliphatic heterocycles. The molecule has 0 aromatic carbocycles. The normalized spacial score (nSPS) is 28.4. The Kier molecular flexibility index (Phi) is 4.66. The van der Waals surface area contributed by atoms with Gasteiger partial charge in [-0.1, -0.05) is 20.8 Å². The van der Waals surface area contributed by atoms with Crippen LogP contribution < -0.4 is 5.73 Å². The zero-order valence-corrected chi connectivity index (χ0v) is 14.5. The molecule has 1 saturated heterocycles. The second-order valence-corrected chi connectivity index (χ2v) is 8.01. The van der Waals surface area contributed by atoms with Crippen LogP contribution >= 0.6 is 23.7 Å². The standard InChI is InChI=1S/C15H23N3OS.ClH/c1-15(2,3)13-12(20-8-17-13)14(19)18-6-9-4-5-11(16)10(9)7-18;/h8-11H,4-7,16H2,1-3H3;1H. The summed E-state index contributed by atoms with van der Waals surface area (Å²) >= 11 is 1.47. The SMILES string of the molecule is CC(C)(C)c1ncsc1C(=O)N1CC2CCC(N)C2C1.Cl. The Bertz CT molecular complexity index is 525. The van der Waals surface area contributed by atoms with Gasteiger partial charge in [-0.05, 0) is 24.7 Å². The molecule has 1 aliphatic carbocycles. The zero-order chi connectivity index (χ0) is 14.5. The summed E-state index contributed by atoms with van der Waals surface area (Å²) in [5.41, 5.74) is 8.78. The molecule has 1 amide bonds. The van der Waals surface area contributed by atoms with Gasteiger partial charge in [-0.25, -0.2) is 4.98 Å². The first-order valence-electron chi connectivity index (χ1n) is 7.36. The molecule has 4 nitrogen and oxygen atoms in total. The third-order valence-electron chi connectivity index (χ3n) is 4.67. The van der Waals surface area contributed by atoms with E-state index in [1.807, 2.05) is 4.90 Å². The van der Waals surface area contributed by atoms with E-state index in [1.54, 1.807) is 5.51 Å². The number of carbonyl (C=O) groups excluding carboxylic acids is 1. The van der Waals surface area contributed by atoms with E-state index in [4.69, 9.17) is 5.73 Å². The van der Waals surface area contributed by atoms with E-state index >= 15 is 0 Å². The maximum atomic E-state index is 12.8. The Labute approximate surface area is 136 Å². The summed E-state index contributed by atoms with van der Waals surface area (Å²) in [6, 6.07) is 0.279. The molecule has 21 heavy (non-hydrogen) atoms. The number of amides is 1. The first-order chi connectivity index (χ1) is 9.38. The molecule has 0 radical (unpaired) electrons. The number of rotatable bonds is 1. The molecule has 0 spiro atoms. The van der Waals surface area contributed by atoms with Crippen molar-refractivity contribution in [2.45, 2.75) is 45.1 Å². The highest BCUT2D eigenvalue weighted by Gasteiger charge is 2.43. The summed E-state index contributed by atoms with van der Waals surface area (Å²) < 4.78 is 0. The first-order valence-corrected chi connectivity index (χ1v) is 8.24. The number of likely N-dealkylation sites (tertiary alicyclic amines) is 1. The quantitative estimate of drug-likeness (QED) is 0.861. The van der Waals surface area contributed by atoms with E-state index in [0.29, 0.717) is 11.8 Å². The van der Waals surface area contributed by atoms with Crippen molar-refractivity contribution in [3.8, 4) is 0 Å². The van der Waals surface area contributed by atoms with Crippen molar-refractivity contribution in [1.82, 2.24) is 9.88 Å². The number of halogens is 1. The Balaban J connectivity index is 0.00000161. The summed E-state index contributed by atoms with van der Waals surface area (Å²) in [5.74, 6) is 1.27. The van der Waals surface area contributed by atoms with Gasteiger partial charge in [0.15, 0.2) is 0 Å². The fourth-order valence-corrected chi connectivity index (χ4v) is 4.51. The zero-order valence-electron chi connectivity index (χ0n) is 12.8. The monoisotopic (exact) mass is 329 g/mol. The molecule has 1 aromatic heterocycles. The molecule has 2 aliphatic rings. The highest BCUT2D eigenvalue weighted by Crippen LogP contribution is 2.38. The molecule has 2 fully saturated rings. The molecule has 6 heteroatoms. The number of hydrogen-bond acceptors (Lipinski definition) is 4. The average molecular weight is 330 g/mol. The maximum absolute atomic E-state index is 12.8. The summed E-state index contributed by atoms with van der Waals surface area (Å²) in [7, 11) is 0. The van der Waals surface area contributed by atoms with Crippen molar-refractivity contribution < 1.29 is 4.79 Å². The molecule has 2 heterocycles. The third-order valence-corrected chi connectivity index (χ3v) is 5.49. The van der Waals surface area contributed by atoms with E-state index in [2.05, 4.69) is 25.8 Å². The largest absolute Gasteiger partial charge is 0.337 e. The number of carbonyl (C=O) groups is 1. The minimum absolute atomic E-state index is 0. The second-order valence-electron chi connectivity index (χ2n) is 7.16. The molecule has 3 atom stereocenters. The van der Waals surface area contributed by atoms with Crippen LogP contribution in [0.1, 0.15) is 49.0 Å². The van der Waals surface area contributed by atoms with Crippen molar-refractivity contribution in [2.24, 2.45) is 17.6 Å². The van der Waals surface area contributed by atoms with Crippen molar-refractivity contribution in [1.29, 1.82) is 0 Å². The van der Waals surface area contributed by atoms with Crippen LogP contribution in [0.25, 0.3) is 0 Å². The molecule has 1 saturated carbocycles. The lowest BCUT2D eigenvalue weighted by molar-refractivity contribution is 0.0781. The third kappa shape index (κ3) is 2.96. The van der Waals surface area contributed by atoms with Gasteiger partial charge in [-0.2, -0.15) is 0 Å². The van der Waals surface area contributed by atoms with Crippen LogP contribution in [0.4, 0.5) is 0 Å². The van der Waals surface area contributed by atoms with Gasteiger partial charge >= 0.3 is 0 Å². The Morgan fingerprint density at radius 2 is 2.10 bits per heavy atom. The molecular weight excluding hydrogens is 306 g/mol. The fraction of sp³-hybridized carbons (Fsp3) is 0.733. The van der Waals surface area contributed by atoms with Gasteiger partial charge in [0.2, 0.25) is 0 Å². The van der Waals surface area contributed by atoms with Crippen LogP contribution in [-0.2, 0) is 5.41 Å². The van der Waals surface area contributed by atoms with Crippen molar-refractivity contribution in [2.75, 3.05) is 13.1 Å². The van der Waals surface area contributed by atoms with Gasteiger partial charge in [0.25, 0.3) is 5.91 Å². The van der Waals surface area contributed by atoms with Crippen LogP contribution in [0.15, 0.2) is 5.51 Å². The van der Waals surface area contributed by atoms with Gasteiger partial charge in [0, 0.05) is 24.5 Å². The lowest BCUT2D eigenvalue weighted by atomic mass is 9.91. The van der Waals surface area contributed by atoms with Crippen LogP contribution in [0.3, 0.4) is 0 Å². The second kappa shape index (κ2) is 5.86. The molecule has 1 aromatic rings. The van der Waals surface area contributed by atoms with Crippen LogP contribution in [-0.4, -0.2) is 34.9 Å². The van der Waals surface area contributed by atoms with E-state index in [9.17, 15) is 4.79 Å². The van der Waals surface area contributed by atoms with Gasteiger partial charge < -0.3 is 10.6 Å². The molecular formula is C15H24ClN3OS. The predicted octanol–water partition coefficient (Wildman–Crippen LogP) is 2.67. The lowest BCUT2D eigenvalue weighted by Crippen LogP contribution is -2.34. The van der Waals surface area contributed by atoms with E-state index in [-0.39, 0.29) is 29.8 Å². The van der Waals surface area contributed by atoms with Gasteiger partial charge in [0.05, 0.1) is 11.2 Å². The maximum Gasteiger partial charge on any atom is 0.265 e. The molecule has 0 bridgehead atoms. The number of nitrogens with two attached hydrogens (primary N) is 1. The molecule has 2 N–H and O–H groups in total. The fourth-order valence-electron chi connectivity index (χ4n) is 3.55. The summed E-state index contributed by atoms with van der Waals surface area (Å²) in [5, 5.41) is 0. The topological polar surface area (TPSA) is 59.2 Å². The van der Waals surface area contributed by atoms with Gasteiger partial charge in [-0.3, -0.25) is 4.79 Å². The van der Waals surface area contributed by atoms with E-state index in [0.717, 1.165) is 30.1 Å². The first kappa shape index (κ1) is 16.7. The Morgan fingerprint density at radius 1 is 1.38 bits per heavy atom. The highest BCUT2D eigenvalue weighted by atomic mass is 35.5. The molecule has 3 rings (SSSR count). The molecule has 118 valence electrons. The Morgan fingerprint density at radius 3 is 2.71 bits per heavy atom. The van der Waals surface area contributed by atoms with Crippen LogP contribution in [0, 0.1) is 11.8 Å². The minimum Gasteiger partial charge on any atom is -0.337 e. The average Bonchev–Trinajstić information content (AvgIpc) is 3.04. The van der Waals surface area contributed by atoms with Gasteiger partial charge in [-0.15, -0.1) is 23.7 Å².